The third-order valence-electron chi connectivity index (χ3n) is 0.847. The SMILES string of the molecule is CCOC[O][Al][O]COCC.[H-].[Na+]. The van der Waals surface area contributed by atoms with E-state index < -0.39 is 15.9 Å². The predicted molar refractivity (Wildman–Crippen MR) is 42.0 cm³/mol. The van der Waals surface area contributed by atoms with Gasteiger partial charge in [-0.05, 0) is 13.8 Å². The Balaban J connectivity index is -0.000000500. The number of ether oxygens (including phenoxy) is 2. The fourth-order valence-electron chi connectivity index (χ4n) is 0.367. The summed E-state index contributed by atoms with van der Waals surface area (Å²) in [5.41, 5.74) is 0. The molecule has 0 aromatic heterocycles. The van der Waals surface area contributed by atoms with E-state index in [0.717, 1.165) is 0 Å². The Morgan fingerprint density at radius 2 is 1.42 bits per heavy atom. The third kappa shape index (κ3) is 13.9. The second kappa shape index (κ2) is 14.9. The third-order valence-corrected chi connectivity index (χ3v) is 1.39. The summed E-state index contributed by atoms with van der Waals surface area (Å²) in [5.74, 6) is 0. The van der Waals surface area contributed by atoms with E-state index in [0.29, 0.717) is 26.8 Å². The minimum Gasteiger partial charge on any atom is -1.00 e. The molecule has 0 spiro atoms. The molecule has 0 aromatic carbocycles. The fraction of sp³-hybridized carbons (Fsp3) is 1.00. The van der Waals surface area contributed by atoms with Gasteiger partial charge in [-0.1, -0.05) is 0 Å². The maximum Gasteiger partial charge on any atom is 1.00 e. The summed E-state index contributed by atoms with van der Waals surface area (Å²) in [6.45, 7) is 5.81. The molecular formula is C6H15AlNaO4. The summed E-state index contributed by atoms with van der Waals surface area (Å²) < 4.78 is 19.8. The van der Waals surface area contributed by atoms with E-state index in [9.17, 15) is 0 Å². The van der Waals surface area contributed by atoms with Gasteiger partial charge in [0, 0.05) is 13.2 Å². The molecule has 0 aliphatic rings. The monoisotopic (exact) mass is 201 g/mol. The molecule has 0 bridgehead atoms. The molecule has 0 atom stereocenters. The van der Waals surface area contributed by atoms with Crippen LogP contribution in [0.5, 0.6) is 0 Å². The van der Waals surface area contributed by atoms with Crippen LogP contribution < -0.4 is 29.6 Å². The van der Waals surface area contributed by atoms with Crippen LogP contribution in [-0.4, -0.2) is 42.7 Å². The Bertz CT molecular complexity index is 73.7. The van der Waals surface area contributed by atoms with Gasteiger partial charge < -0.3 is 18.5 Å². The van der Waals surface area contributed by atoms with Crippen molar-refractivity contribution < 1.29 is 48.0 Å². The van der Waals surface area contributed by atoms with E-state index in [-0.39, 0.29) is 31.0 Å². The van der Waals surface area contributed by atoms with Crippen LogP contribution >= 0.6 is 0 Å². The van der Waals surface area contributed by atoms with Crippen molar-refractivity contribution in [1.29, 1.82) is 0 Å². The van der Waals surface area contributed by atoms with E-state index in [2.05, 4.69) is 0 Å². The average Bonchev–Trinajstić information content (AvgIpc) is 2.03. The Hall–Kier alpha value is 1.37. The zero-order valence-electron chi connectivity index (χ0n) is 9.04. The first-order valence-electron chi connectivity index (χ1n) is 3.62. The van der Waals surface area contributed by atoms with Gasteiger partial charge in [-0.3, -0.25) is 0 Å². The fourth-order valence-corrected chi connectivity index (χ4v) is 0.766. The summed E-state index contributed by atoms with van der Waals surface area (Å²) in [4.78, 5) is 0. The molecular weight excluding hydrogens is 186 g/mol. The van der Waals surface area contributed by atoms with E-state index in [4.69, 9.17) is 17.1 Å². The molecule has 67 valence electrons. The molecule has 0 aromatic rings. The van der Waals surface area contributed by atoms with Crippen LogP contribution in [0, 0.1) is 0 Å². The second-order valence-corrected chi connectivity index (χ2v) is 2.51. The molecule has 0 fully saturated rings. The van der Waals surface area contributed by atoms with Gasteiger partial charge >= 0.3 is 45.4 Å². The first kappa shape index (κ1) is 15.8. The van der Waals surface area contributed by atoms with E-state index in [1.165, 1.54) is 0 Å². The van der Waals surface area contributed by atoms with Crippen LogP contribution in [0.15, 0.2) is 0 Å². The van der Waals surface area contributed by atoms with Gasteiger partial charge in [0.2, 0.25) is 0 Å². The molecule has 0 heterocycles. The van der Waals surface area contributed by atoms with Crippen LogP contribution in [-0.2, 0) is 17.1 Å². The topological polar surface area (TPSA) is 36.9 Å². The average molecular weight is 201 g/mol. The summed E-state index contributed by atoms with van der Waals surface area (Å²) in [5, 5.41) is 0. The molecule has 4 nitrogen and oxygen atoms in total. The summed E-state index contributed by atoms with van der Waals surface area (Å²) in [7, 11) is 0. The minimum atomic E-state index is -0.439. The number of hydrogen-bond acceptors (Lipinski definition) is 4. The zero-order valence-corrected chi connectivity index (χ0v) is 11.2. The zero-order chi connectivity index (χ0) is 8.36. The molecule has 0 amide bonds. The molecule has 0 N–H and O–H groups in total. The van der Waals surface area contributed by atoms with Crippen LogP contribution in [0.3, 0.4) is 0 Å². The molecule has 6 heteroatoms. The molecule has 0 aliphatic carbocycles. The summed E-state index contributed by atoms with van der Waals surface area (Å²) in [6, 6.07) is 0. The van der Waals surface area contributed by atoms with Gasteiger partial charge in [-0.25, -0.2) is 0 Å². The van der Waals surface area contributed by atoms with Gasteiger partial charge in [-0.15, -0.1) is 0 Å². The Labute approximate surface area is 104 Å². The maximum absolute atomic E-state index is 4.98. The van der Waals surface area contributed by atoms with Gasteiger partial charge in [0.25, 0.3) is 0 Å². The molecule has 12 heavy (non-hydrogen) atoms. The first-order chi connectivity index (χ1) is 5.41. The van der Waals surface area contributed by atoms with E-state index >= 15 is 0 Å². The van der Waals surface area contributed by atoms with Gasteiger partial charge in [0.1, 0.15) is 13.6 Å². The standard InChI is InChI=1S/2C3H7O2.Al.Na.H/c2*1-2-5-3-4;;;/h2*2-3H2,1H3;;;/q2*-1;+2;+1;-1. The quantitative estimate of drug-likeness (QED) is 0.250. The Kier molecular flexibility index (Phi) is 19.6. The minimum absolute atomic E-state index is 0. The summed E-state index contributed by atoms with van der Waals surface area (Å²) >= 11 is -0.439. The van der Waals surface area contributed by atoms with Crippen LogP contribution in [0.2, 0.25) is 0 Å². The maximum atomic E-state index is 4.98. The van der Waals surface area contributed by atoms with Crippen molar-refractivity contribution in [1.82, 2.24) is 0 Å². The van der Waals surface area contributed by atoms with Crippen LogP contribution in [0.25, 0.3) is 0 Å². The van der Waals surface area contributed by atoms with Crippen molar-refractivity contribution >= 4 is 15.9 Å². The molecule has 1 radical (unpaired) electrons. The van der Waals surface area contributed by atoms with Crippen LogP contribution in [0.1, 0.15) is 15.3 Å². The van der Waals surface area contributed by atoms with Crippen molar-refractivity contribution in [3.8, 4) is 0 Å². The number of hydrogen-bond donors (Lipinski definition) is 0. The van der Waals surface area contributed by atoms with Gasteiger partial charge in [0.05, 0.1) is 0 Å². The Morgan fingerprint density at radius 3 is 1.75 bits per heavy atom. The van der Waals surface area contributed by atoms with Crippen molar-refractivity contribution in [3.05, 3.63) is 0 Å². The molecule has 0 unspecified atom stereocenters. The van der Waals surface area contributed by atoms with E-state index in [1.54, 1.807) is 0 Å². The summed E-state index contributed by atoms with van der Waals surface area (Å²) in [6.07, 6.45) is 0. The number of rotatable bonds is 8. The van der Waals surface area contributed by atoms with Crippen molar-refractivity contribution in [3.63, 3.8) is 0 Å². The first-order valence-corrected chi connectivity index (χ1v) is 4.56. The van der Waals surface area contributed by atoms with Gasteiger partial charge in [-0.2, -0.15) is 0 Å². The largest absolute Gasteiger partial charge is 1.00 e. The van der Waals surface area contributed by atoms with Crippen molar-refractivity contribution in [2.45, 2.75) is 13.8 Å². The molecule has 0 saturated carbocycles. The smallest absolute Gasteiger partial charge is 1.00 e. The van der Waals surface area contributed by atoms with Gasteiger partial charge in [0.15, 0.2) is 0 Å². The van der Waals surface area contributed by atoms with Crippen LogP contribution in [0.4, 0.5) is 0 Å². The predicted octanol–water partition coefficient (Wildman–Crippen LogP) is -2.34. The molecule has 0 rings (SSSR count). The normalized spacial score (nSPS) is 9.17. The van der Waals surface area contributed by atoms with E-state index in [1.807, 2.05) is 13.8 Å². The second-order valence-electron chi connectivity index (χ2n) is 1.65. The molecule has 0 saturated heterocycles. The molecule has 0 aliphatic heterocycles. The Morgan fingerprint density at radius 1 is 1.00 bits per heavy atom. The van der Waals surface area contributed by atoms with Crippen molar-refractivity contribution in [2.75, 3.05) is 26.8 Å². The van der Waals surface area contributed by atoms with Crippen molar-refractivity contribution in [2.24, 2.45) is 0 Å².